The van der Waals surface area contributed by atoms with Crippen LogP contribution in [0.1, 0.15) is 0 Å². The molecule has 0 spiro atoms. The molecule has 1 aliphatic heterocycles. The second-order valence-electron chi connectivity index (χ2n) is 4.53. The maximum atomic E-state index is 10.7. The lowest BCUT2D eigenvalue weighted by Gasteiger charge is -2.27. The number of nitro groups is 1. The summed E-state index contributed by atoms with van der Waals surface area (Å²) < 4.78 is 10.8. The molecule has 1 fully saturated rings. The SMILES string of the molecule is COc1cc([N+](=O)[O-])ccc1OCCN1CCNCC1. The first kappa shape index (κ1) is 14.5. The molecule has 0 aromatic heterocycles. The van der Waals surface area contributed by atoms with Crippen molar-refractivity contribution in [1.29, 1.82) is 0 Å². The van der Waals surface area contributed by atoms with E-state index < -0.39 is 4.92 Å². The number of ether oxygens (including phenoxy) is 2. The van der Waals surface area contributed by atoms with Gasteiger partial charge in [0.15, 0.2) is 11.5 Å². The van der Waals surface area contributed by atoms with Gasteiger partial charge in [-0.1, -0.05) is 0 Å². The fourth-order valence-corrected chi connectivity index (χ4v) is 2.11. The highest BCUT2D eigenvalue weighted by Gasteiger charge is 2.13. The second-order valence-corrected chi connectivity index (χ2v) is 4.53. The maximum absolute atomic E-state index is 10.7. The number of non-ortho nitro benzene ring substituents is 1. The van der Waals surface area contributed by atoms with Crippen molar-refractivity contribution in [2.45, 2.75) is 0 Å². The molecule has 0 radical (unpaired) electrons. The highest BCUT2D eigenvalue weighted by Crippen LogP contribution is 2.30. The standard InChI is InChI=1S/C13H19N3O4/c1-19-13-10-11(16(17)18)2-3-12(13)20-9-8-15-6-4-14-5-7-15/h2-3,10,14H,4-9H2,1H3. The van der Waals surface area contributed by atoms with Gasteiger partial charge in [-0.2, -0.15) is 0 Å². The number of hydrogen-bond donors (Lipinski definition) is 1. The average Bonchev–Trinajstić information content (AvgIpc) is 2.48. The van der Waals surface area contributed by atoms with Gasteiger partial charge in [0.1, 0.15) is 6.61 Å². The topological polar surface area (TPSA) is 76.9 Å². The lowest BCUT2D eigenvalue weighted by atomic mass is 10.3. The van der Waals surface area contributed by atoms with Gasteiger partial charge in [0.2, 0.25) is 0 Å². The van der Waals surface area contributed by atoms with Crippen LogP contribution in [0.2, 0.25) is 0 Å². The molecule has 20 heavy (non-hydrogen) atoms. The number of hydrogen-bond acceptors (Lipinski definition) is 6. The van der Waals surface area contributed by atoms with E-state index >= 15 is 0 Å². The molecule has 1 N–H and O–H groups in total. The molecule has 1 aromatic rings. The van der Waals surface area contributed by atoms with Crippen molar-refractivity contribution in [3.05, 3.63) is 28.3 Å². The van der Waals surface area contributed by atoms with Crippen molar-refractivity contribution in [1.82, 2.24) is 10.2 Å². The normalized spacial score (nSPS) is 15.8. The molecule has 7 nitrogen and oxygen atoms in total. The Balaban J connectivity index is 1.89. The number of nitrogens with zero attached hydrogens (tertiary/aromatic N) is 2. The van der Waals surface area contributed by atoms with Gasteiger partial charge in [-0.3, -0.25) is 15.0 Å². The third-order valence-electron chi connectivity index (χ3n) is 3.23. The van der Waals surface area contributed by atoms with Crippen LogP contribution in [0.4, 0.5) is 5.69 Å². The van der Waals surface area contributed by atoms with Gasteiger partial charge in [-0.15, -0.1) is 0 Å². The number of piperazine rings is 1. The third kappa shape index (κ3) is 3.82. The van der Waals surface area contributed by atoms with Crippen molar-refractivity contribution >= 4 is 5.69 Å². The Morgan fingerprint density at radius 2 is 2.10 bits per heavy atom. The molecule has 1 aliphatic rings. The van der Waals surface area contributed by atoms with E-state index in [9.17, 15) is 10.1 Å². The van der Waals surface area contributed by atoms with Crippen LogP contribution in [0.5, 0.6) is 11.5 Å². The number of benzene rings is 1. The zero-order valence-electron chi connectivity index (χ0n) is 11.5. The van der Waals surface area contributed by atoms with Gasteiger partial charge in [-0.25, -0.2) is 0 Å². The van der Waals surface area contributed by atoms with Crippen molar-refractivity contribution in [2.75, 3.05) is 46.4 Å². The largest absolute Gasteiger partial charge is 0.493 e. The molecular weight excluding hydrogens is 262 g/mol. The van der Waals surface area contributed by atoms with Gasteiger partial charge >= 0.3 is 0 Å². The number of nitrogens with one attached hydrogen (secondary N) is 1. The first-order valence-corrected chi connectivity index (χ1v) is 6.59. The lowest BCUT2D eigenvalue weighted by molar-refractivity contribution is -0.384. The minimum Gasteiger partial charge on any atom is -0.493 e. The average molecular weight is 281 g/mol. The summed E-state index contributed by atoms with van der Waals surface area (Å²) in [7, 11) is 1.47. The van der Waals surface area contributed by atoms with Crippen LogP contribution in [0, 0.1) is 10.1 Å². The fourth-order valence-electron chi connectivity index (χ4n) is 2.11. The molecule has 0 unspecified atom stereocenters. The van der Waals surface area contributed by atoms with Gasteiger partial charge in [0.05, 0.1) is 18.1 Å². The summed E-state index contributed by atoms with van der Waals surface area (Å²) >= 11 is 0. The Labute approximate surface area is 117 Å². The zero-order valence-corrected chi connectivity index (χ0v) is 11.5. The summed E-state index contributed by atoms with van der Waals surface area (Å²) in [6.45, 7) is 5.40. The van der Waals surface area contributed by atoms with Gasteiger partial charge in [-0.05, 0) is 6.07 Å². The molecule has 2 rings (SSSR count). The minimum absolute atomic E-state index is 0.00342. The summed E-state index contributed by atoms with van der Waals surface area (Å²) in [4.78, 5) is 12.6. The van der Waals surface area contributed by atoms with Crippen LogP contribution in [0.15, 0.2) is 18.2 Å². The van der Waals surface area contributed by atoms with E-state index in [1.807, 2.05) is 0 Å². The predicted octanol–water partition coefficient (Wildman–Crippen LogP) is 0.887. The van der Waals surface area contributed by atoms with Gasteiger partial charge < -0.3 is 14.8 Å². The molecular formula is C13H19N3O4. The summed E-state index contributed by atoms with van der Waals surface area (Å²) in [6, 6.07) is 4.37. The monoisotopic (exact) mass is 281 g/mol. The molecule has 0 bridgehead atoms. The van der Waals surface area contributed by atoms with Crippen LogP contribution in [-0.2, 0) is 0 Å². The summed E-state index contributed by atoms with van der Waals surface area (Å²) in [5.74, 6) is 0.924. The van der Waals surface area contributed by atoms with E-state index in [1.54, 1.807) is 6.07 Å². The van der Waals surface area contributed by atoms with Crippen molar-refractivity contribution in [2.24, 2.45) is 0 Å². The Hall–Kier alpha value is -1.86. The molecule has 1 heterocycles. The lowest BCUT2D eigenvalue weighted by Crippen LogP contribution is -2.44. The Morgan fingerprint density at radius 3 is 2.75 bits per heavy atom. The first-order chi connectivity index (χ1) is 9.70. The van der Waals surface area contributed by atoms with E-state index in [0.29, 0.717) is 18.1 Å². The molecule has 0 aliphatic carbocycles. The Morgan fingerprint density at radius 1 is 1.35 bits per heavy atom. The van der Waals surface area contributed by atoms with Crippen LogP contribution < -0.4 is 14.8 Å². The molecule has 0 atom stereocenters. The molecule has 110 valence electrons. The van der Waals surface area contributed by atoms with Crippen LogP contribution >= 0.6 is 0 Å². The second kappa shape index (κ2) is 7.06. The quantitative estimate of drug-likeness (QED) is 0.616. The van der Waals surface area contributed by atoms with E-state index in [-0.39, 0.29) is 5.69 Å². The number of rotatable bonds is 6. The van der Waals surface area contributed by atoms with E-state index in [4.69, 9.17) is 9.47 Å². The van der Waals surface area contributed by atoms with E-state index in [2.05, 4.69) is 10.2 Å². The summed E-state index contributed by atoms with van der Waals surface area (Å²) in [5.41, 5.74) is -0.00342. The predicted molar refractivity (Wildman–Crippen MR) is 74.5 cm³/mol. The Bertz CT molecular complexity index is 461. The van der Waals surface area contributed by atoms with Crippen molar-refractivity contribution in [3.63, 3.8) is 0 Å². The molecule has 1 aromatic carbocycles. The first-order valence-electron chi connectivity index (χ1n) is 6.59. The summed E-state index contributed by atoms with van der Waals surface area (Å²) in [5, 5.41) is 14.0. The maximum Gasteiger partial charge on any atom is 0.273 e. The fraction of sp³-hybridized carbons (Fsp3) is 0.538. The van der Waals surface area contributed by atoms with E-state index in [0.717, 1.165) is 32.7 Å². The number of methoxy groups -OCH3 is 1. The number of nitro benzene ring substituents is 1. The van der Waals surface area contributed by atoms with Crippen LogP contribution in [-0.4, -0.2) is 56.3 Å². The highest BCUT2D eigenvalue weighted by molar-refractivity contribution is 5.48. The highest BCUT2D eigenvalue weighted by atomic mass is 16.6. The van der Waals surface area contributed by atoms with E-state index in [1.165, 1.54) is 19.2 Å². The third-order valence-corrected chi connectivity index (χ3v) is 3.23. The molecule has 0 amide bonds. The van der Waals surface area contributed by atoms with Crippen molar-refractivity contribution in [3.8, 4) is 11.5 Å². The van der Waals surface area contributed by atoms with Gasteiger partial charge in [0, 0.05) is 38.8 Å². The summed E-state index contributed by atoms with van der Waals surface area (Å²) in [6.07, 6.45) is 0. The van der Waals surface area contributed by atoms with Crippen LogP contribution in [0.25, 0.3) is 0 Å². The molecule has 1 saturated heterocycles. The Kier molecular flexibility index (Phi) is 5.14. The smallest absolute Gasteiger partial charge is 0.273 e. The molecule has 0 saturated carbocycles. The van der Waals surface area contributed by atoms with Crippen molar-refractivity contribution < 1.29 is 14.4 Å². The van der Waals surface area contributed by atoms with Crippen LogP contribution in [0.3, 0.4) is 0 Å². The molecule has 7 heteroatoms. The zero-order chi connectivity index (χ0) is 14.4. The minimum atomic E-state index is -0.451. The van der Waals surface area contributed by atoms with Gasteiger partial charge in [0.25, 0.3) is 5.69 Å².